The Bertz CT molecular complexity index is 687. The Balaban J connectivity index is 2.53. The van der Waals surface area contributed by atoms with Crippen molar-refractivity contribution in [2.75, 3.05) is 11.4 Å². The first-order valence-corrected chi connectivity index (χ1v) is 10.3. The first-order chi connectivity index (χ1) is 12.9. The van der Waals surface area contributed by atoms with Gasteiger partial charge >= 0.3 is 0 Å². The second-order valence-electron chi connectivity index (χ2n) is 8.26. The molecule has 0 radical (unpaired) electrons. The van der Waals surface area contributed by atoms with E-state index in [4.69, 9.17) is 0 Å². The molecule has 148 valence electrons. The van der Waals surface area contributed by atoms with Crippen molar-refractivity contribution in [1.82, 2.24) is 0 Å². The summed E-state index contributed by atoms with van der Waals surface area (Å²) >= 11 is 0. The number of benzene rings is 1. The fraction of sp³-hybridized carbons (Fsp3) is 0.682. The molecule has 5 heteroatoms. The molecule has 1 aliphatic rings. The Morgan fingerprint density at radius 1 is 1.30 bits per heavy atom. The van der Waals surface area contributed by atoms with E-state index in [1.807, 2.05) is 12.1 Å². The Morgan fingerprint density at radius 2 is 1.96 bits per heavy atom. The van der Waals surface area contributed by atoms with Crippen molar-refractivity contribution in [2.45, 2.75) is 84.1 Å². The van der Waals surface area contributed by atoms with Crippen molar-refractivity contribution in [3.63, 3.8) is 0 Å². The highest BCUT2D eigenvalue weighted by Crippen LogP contribution is 2.43. The summed E-state index contributed by atoms with van der Waals surface area (Å²) in [5, 5.41) is 21.7. The van der Waals surface area contributed by atoms with Crippen molar-refractivity contribution in [3.05, 3.63) is 33.9 Å². The highest BCUT2D eigenvalue weighted by molar-refractivity contribution is 5.66. The SMILES string of the molecule is CCCC(CC)N(CC(C)C)c1ccc(C2(C#N)CCCC2)cc1[N+](=O)[O-]. The van der Waals surface area contributed by atoms with E-state index in [0.717, 1.165) is 57.1 Å². The molecule has 1 saturated carbocycles. The van der Waals surface area contributed by atoms with Crippen LogP contribution in [0, 0.1) is 27.4 Å². The van der Waals surface area contributed by atoms with E-state index >= 15 is 0 Å². The molecule has 1 aromatic rings. The first-order valence-electron chi connectivity index (χ1n) is 10.3. The summed E-state index contributed by atoms with van der Waals surface area (Å²) in [5.74, 6) is 0.412. The molecule has 0 bridgehead atoms. The summed E-state index contributed by atoms with van der Waals surface area (Å²) in [4.78, 5) is 13.9. The van der Waals surface area contributed by atoms with Crippen LogP contribution in [0.4, 0.5) is 11.4 Å². The lowest BCUT2D eigenvalue weighted by Gasteiger charge is -2.34. The molecule has 0 saturated heterocycles. The molecule has 27 heavy (non-hydrogen) atoms. The van der Waals surface area contributed by atoms with Gasteiger partial charge in [-0.05, 0) is 43.2 Å². The zero-order valence-corrected chi connectivity index (χ0v) is 17.2. The highest BCUT2D eigenvalue weighted by Gasteiger charge is 2.37. The number of hydrogen-bond donors (Lipinski definition) is 0. The molecule has 0 aliphatic heterocycles. The molecule has 0 spiro atoms. The number of anilines is 1. The van der Waals surface area contributed by atoms with E-state index in [1.165, 1.54) is 0 Å². The molecule has 1 fully saturated rings. The van der Waals surface area contributed by atoms with E-state index in [9.17, 15) is 15.4 Å². The molecule has 1 unspecified atom stereocenters. The van der Waals surface area contributed by atoms with Crippen LogP contribution in [0.1, 0.15) is 78.2 Å². The summed E-state index contributed by atoms with van der Waals surface area (Å²) in [5.41, 5.74) is 1.10. The maximum Gasteiger partial charge on any atom is 0.292 e. The van der Waals surface area contributed by atoms with Crippen molar-refractivity contribution < 1.29 is 4.92 Å². The van der Waals surface area contributed by atoms with Crippen LogP contribution in [0.15, 0.2) is 18.2 Å². The number of hydrogen-bond acceptors (Lipinski definition) is 4. The fourth-order valence-corrected chi connectivity index (χ4v) is 4.40. The highest BCUT2D eigenvalue weighted by atomic mass is 16.6. The molecule has 5 nitrogen and oxygen atoms in total. The Morgan fingerprint density at radius 3 is 2.44 bits per heavy atom. The van der Waals surface area contributed by atoms with Gasteiger partial charge in [0.2, 0.25) is 0 Å². The van der Waals surface area contributed by atoms with Gasteiger partial charge in [-0.3, -0.25) is 10.1 Å². The van der Waals surface area contributed by atoms with Gasteiger partial charge in [-0.25, -0.2) is 0 Å². The second kappa shape index (κ2) is 9.21. The van der Waals surface area contributed by atoms with E-state index in [0.29, 0.717) is 17.6 Å². The molecule has 0 aromatic heterocycles. The maximum absolute atomic E-state index is 11.9. The van der Waals surface area contributed by atoms with E-state index in [1.54, 1.807) is 6.07 Å². The zero-order chi connectivity index (χ0) is 20.0. The lowest BCUT2D eigenvalue weighted by molar-refractivity contribution is -0.384. The molecule has 0 amide bonds. The van der Waals surface area contributed by atoms with Crippen LogP contribution in [-0.4, -0.2) is 17.5 Å². The monoisotopic (exact) mass is 371 g/mol. The van der Waals surface area contributed by atoms with Crippen LogP contribution in [0.5, 0.6) is 0 Å². The van der Waals surface area contributed by atoms with E-state index in [-0.39, 0.29) is 10.6 Å². The molecule has 1 aliphatic carbocycles. The largest absolute Gasteiger partial charge is 0.363 e. The molecule has 0 heterocycles. The van der Waals surface area contributed by atoms with Crippen molar-refractivity contribution in [3.8, 4) is 6.07 Å². The lowest BCUT2D eigenvalue weighted by Crippen LogP contribution is -2.38. The predicted molar refractivity (Wildman–Crippen MR) is 110 cm³/mol. The average Bonchev–Trinajstić information content (AvgIpc) is 3.14. The molecular formula is C22H33N3O2. The van der Waals surface area contributed by atoms with Gasteiger partial charge in [0.05, 0.1) is 16.4 Å². The third-order valence-corrected chi connectivity index (χ3v) is 5.80. The average molecular weight is 372 g/mol. The third-order valence-electron chi connectivity index (χ3n) is 5.80. The number of nitrogens with zero attached hydrogens (tertiary/aromatic N) is 3. The Labute approximate surface area is 163 Å². The van der Waals surface area contributed by atoms with Crippen LogP contribution >= 0.6 is 0 Å². The Kier molecular flexibility index (Phi) is 7.24. The summed E-state index contributed by atoms with van der Waals surface area (Å²) in [6.07, 6.45) is 6.64. The zero-order valence-electron chi connectivity index (χ0n) is 17.2. The van der Waals surface area contributed by atoms with E-state index < -0.39 is 5.41 Å². The second-order valence-corrected chi connectivity index (χ2v) is 8.26. The van der Waals surface area contributed by atoms with Gasteiger partial charge in [0, 0.05) is 18.7 Å². The lowest BCUT2D eigenvalue weighted by atomic mass is 9.80. The molecule has 1 atom stereocenters. The smallest absolute Gasteiger partial charge is 0.292 e. The number of rotatable bonds is 9. The van der Waals surface area contributed by atoms with Crippen LogP contribution in [0.2, 0.25) is 0 Å². The summed E-state index contributed by atoms with van der Waals surface area (Å²) < 4.78 is 0. The van der Waals surface area contributed by atoms with Gasteiger partial charge in [0.15, 0.2) is 0 Å². The van der Waals surface area contributed by atoms with Crippen LogP contribution in [0.3, 0.4) is 0 Å². The Hall–Kier alpha value is -2.09. The molecular weight excluding hydrogens is 338 g/mol. The summed E-state index contributed by atoms with van der Waals surface area (Å²) in [6, 6.07) is 8.28. The minimum atomic E-state index is -0.556. The van der Waals surface area contributed by atoms with Crippen molar-refractivity contribution >= 4 is 11.4 Å². The van der Waals surface area contributed by atoms with Crippen LogP contribution in [-0.2, 0) is 5.41 Å². The summed E-state index contributed by atoms with van der Waals surface area (Å²) in [6.45, 7) is 9.40. The van der Waals surface area contributed by atoms with Gasteiger partial charge in [0.25, 0.3) is 5.69 Å². The topological polar surface area (TPSA) is 70.2 Å². The quantitative estimate of drug-likeness (QED) is 0.396. The van der Waals surface area contributed by atoms with Gasteiger partial charge < -0.3 is 4.90 Å². The predicted octanol–water partition coefficient (Wildman–Crippen LogP) is 5.97. The minimum absolute atomic E-state index is 0.143. The normalized spacial score (nSPS) is 16.9. The maximum atomic E-state index is 11.9. The minimum Gasteiger partial charge on any atom is -0.363 e. The number of nitriles is 1. The van der Waals surface area contributed by atoms with E-state index in [2.05, 4.69) is 38.7 Å². The molecule has 1 aromatic carbocycles. The van der Waals surface area contributed by atoms with Crippen LogP contribution in [0.25, 0.3) is 0 Å². The van der Waals surface area contributed by atoms with Gasteiger partial charge in [-0.2, -0.15) is 5.26 Å². The molecule has 2 rings (SSSR count). The number of nitro benzene ring substituents is 1. The van der Waals surface area contributed by atoms with Gasteiger partial charge in [-0.1, -0.05) is 53.0 Å². The third kappa shape index (κ3) is 4.61. The first kappa shape index (κ1) is 21.2. The summed E-state index contributed by atoms with van der Waals surface area (Å²) in [7, 11) is 0. The van der Waals surface area contributed by atoms with Crippen molar-refractivity contribution in [1.29, 1.82) is 5.26 Å². The molecule has 0 N–H and O–H groups in total. The standard InChI is InChI=1S/C22H33N3O2/c1-5-9-19(6-2)24(15-17(3)4)20-11-10-18(14-21(20)25(26)27)22(16-23)12-7-8-13-22/h10-11,14,17,19H,5-9,12-13,15H2,1-4H3. The van der Waals surface area contributed by atoms with Gasteiger partial charge in [-0.15, -0.1) is 0 Å². The number of nitro groups is 1. The van der Waals surface area contributed by atoms with Crippen molar-refractivity contribution in [2.24, 2.45) is 5.92 Å². The van der Waals surface area contributed by atoms with Gasteiger partial charge in [0.1, 0.15) is 5.69 Å². The van der Waals surface area contributed by atoms with Crippen LogP contribution < -0.4 is 4.90 Å². The fourth-order valence-electron chi connectivity index (χ4n) is 4.40.